The van der Waals surface area contributed by atoms with E-state index in [1.807, 2.05) is 0 Å². The molecule has 1 aromatic heterocycles. The smallest absolute Gasteiger partial charge is 0.128 e. The van der Waals surface area contributed by atoms with Gasteiger partial charge in [-0.3, -0.25) is 0 Å². The first-order valence-electron chi connectivity index (χ1n) is 8.25. The molecule has 3 heteroatoms. The van der Waals surface area contributed by atoms with Crippen molar-refractivity contribution in [2.45, 2.75) is 52.4 Å². The monoisotopic (exact) mass is 273 g/mol. The van der Waals surface area contributed by atoms with Crippen molar-refractivity contribution in [1.82, 2.24) is 15.3 Å². The van der Waals surface area contributed by atoms with E-state index < -0.39 is 0 Å². The van der Waals surface area contributed by atoms with Gasteiger partial charge in [0, 0.05) is 18.3 Å². The quantitative estimate of drug-likeness (QED) is 0.866. The molecule has 1 unspecified atom stereocenters. The molecule has 1 fully saturated rings. The molecule has 1 aromatic rings. The van der Waals surface area contributed by atoms with Gasteiger partial charge in [0.2, 0.25) is 0 Å². The van der Waals surface area contributed by atoms with Crippen LogP contribution in [0.15, 0.2) is 6.20 Å². The molecule has 1 saturated carbocycles. The van der Waals surface area contributed by atoms with Crippen LogP contribution in [-0.4, -0.2) is 23.1 Å². The zero-order valence-corrected chi connectivity index (χ0v) is 12.9. The molecule has 1 N–H and O–H groups in total. The van der Waals surface area contributed by atoms with Crippen LogP contribution in [0.2, 0.25) is 0 Å². The number of nitrogens with zero attached hydrogens (tertiary/aromatic N) is 2. The van der Waals surface area contributed by atoms with Crippen LogP contribution in [0.1, 0.15) is 50.2 Å². The van der Waals surface area contributed by atoms with E-state index in [9.17, 15) is 0 Å². The van der Waals surface area contributed by atoms with Crippen molar-refractivity contribution in [2.75, 3.05) is 13.1 Å². The molecule has 110 valence electrons. The predicted octanol–water partition coefficient (Wildman–Crippen LogP) is 2.78. The van der Waals surface area contributed by atoms with Crippen LogP contribution in [0, 0.1) is 17.8 Å². The average molecular weight is 273 g/mol. The Bertz CT molecular complexity index is 452. The first kappa shape index (κ1) is 14.0. The van der Waals surface area contributed by atoms with Gasteiger partial charge in [-0.25, -0.2) is 9.97 Å². The lowest BCUT2D eigenvalue weighted by molar-refractivity contribution is 0.404. The van der Waals surface area contributed by atoms with Crippen LogP contribution in [0.4, 0.5) is 0 Å². The Balaban J connectivity index is 1.54. The van der Waals surface area contributed by atoms with Crippen molar-refractivity contribution < 1.29 is 0 Å². The van der Waals surface area contributed by atoms with Crippen LogP contribution in [0.5, 0.6) is 0 Å². The number of fused-ring (bicyclic) bond motifs is 1. The highest BCUT2D eigenvalue weighted by molar-refractivity contribution is 5.21. The molecule has 0 aliphatic heterocycles. The van der Waals surface area contributed by atoms with Gasteiger partial charge >= 0.3 is 0 Å². The molecule has 3 nitrogen and oxygen atoms in total. The fourth-order valence-corrected chi connectivity index (χ4v) is 3.05. The summed E-state index contributed by atoms with van der Waals surface area (Å²) < 4.78 is 0. The summed E-state index contributed by atoms with van der Waals surface area (Å²) in [7, 11) is 0. The Hall–Kier alpha value is -0.960. The van der Waals surface area contributed by atoms with E-state index in [1.165, 1.54) is 30.5 Å². The molecule has 0 aromatic carbocycles. The number of aryl methyl sites for hydroxylation is 1. The van der Waals surface area contributed by atoms with Gasteiger partial charge in [0.25, 0.3) is 0 Å². The highest BCUT2D eigenvalue weighted by Gasteiger charge is 2.24. The minimum atomic E-state index is 0.735. The molecule has 20 heavy (non-hydrogen) atoms. The Morgan fingerprint density at radius 2 is 2.10 bits per heavy atom. The molecule has 1 heterocycles. The standard InChI is InChI=1S/C17H27N3/c1-12(2)9-18-10-14-5-6-16-15(7-14)11-19-17(20-16)8-13-3-4-13/h11-14,18H,3-10H2,1-2H3. The van der Waals surface area contributed by atoms with Gasteiger partial charge in [0.15, 0.2) is 0 Å². The predicted molar refractivity (Wildman–Crippen MR) is 81.7 cm³/mol. The van der Waals surface area contributed by atoms with E-state index >= 15 is 0 Å². The van der Waals surface area contributed by atoms with Crippen molar-refractivity contribution >= 4 is 0 Å². The third kappa shape index (κ3) is 3.78. The molecule has 0 spiro atoms. The molecule has 0 radical (unpaired) electrons. The lowest BCUT2D eigenvalue weighted by Gasteiger charge is -2.24. The summed E-state index contributed by atoms with van der Waals surface area (Å²) in [6, 6.07) is 0. The van der Waals surface area contributed by atoms with Gasteiger partial charge in [-0.1, -0.05) is 13.8 Å². The lowest BCUT2D eigenvalue weighted by Crippen LogP contribution is -2.30. The molecular formula is C17H27N3. The minimum Gasteiger partial charge on any atom is -0.316 e. The van der Waals surface area contributed by atoms with Gasteiger partial charge in [0.05, 0.1) is 0 Å². The first-order chi connectivity index (χ1) is 9.70. The molecule has 0 bridgehead atoms. The Morgan fingerprint density at radius 1 is 1.25 bits per heavy atom. The van der Waals surface area contributed by atoms with Gasteiger partial charge in [-0.2, -0.15) is 0 Å². The van der Waals surface area contributed by atoms with Crippen molar-refractivity contribution in [3.63, 3.8) is 0 Å². The van der Waals surface area contributed by atoms with Crippen molar-refractivity contribution in [2.24, 2.45) is 17.8 Å². The highest BCUT2D eigenvalue weighted by atomic mass is 14.9. The van der Waals surface area contributed by atoms with E-state index in [2.05, 4.69) is 30.3 Å². The second kappa shape index (κ2) is 6.21. The van der Waals surface area contributed by atoms with Crippen molar-refractivity contribution in [3.8, 4) is 0 Å². The third-order valence-corrected chi connectivity index (χ3v) is 4.46. The number of nitrogens with one attached hydrogen (secondary N) is 1. The molecule has 2 aliphatic rings. The third-order valence-electron chi connectivity index (χ3n) is 4.46. The second-order valence-corrected chi connectivity index (χ2v) is 7.07. The number of rotatable bonds is 6. The van der Waals surface area contributed by atoms with Crippen LogP contribution < -0.4 is 5.32 Å². The fraction of sp³-hybridized carbons (Fsp3) is 0.765. The van der Waals surface area contributed by atoms with Crippen LogP contribution in [0.3, 0.4) is 0 Å². The minimum absolute atomic E-state index is 0.735. The Labute approximate surface area is 122 Å². The molecular weight excluding hydrogens is 246 g/mol. The molecule has 0 amide bonds. The van der Waals surface area contributed by atoms with Crippen molar-refractivity contribution in [3.05, 3.63) is 23.3 Å². The summed E-state index contributed by atoms with van der Waals surface area (Å²) >= 11 is 0. The van der Waals surface area contributed by atoms with E-state index in [0.29, 0.717) is 0 Å². The topological polar surface area (TPSA) is 37.8 Å². The Morgan fingerprint density at radius 3 is 2.85 bits per heavy atom. The van der Waals surface area contributed by atoms with E-state index in [4.69, 9.17) is 4.98 Å². The maximum absolute atomic E-state index is 4.80. The number of aromatic nitrogens is 2. The largest absolute Gasteiger partial charge is 0.316 e. The van der Waals surface area contributed by atoms with Crippen LogP contribution >= 0.6 is 0 Å². The maximum Gasteiger partial charge on any atom is 0.128 e. The first-order valence-corrected chi connectivity index (χ1v) is 8.25. The summed E-state index contributed by atoms with van der Waals surface area (Å²) in [5.41, 5.74) is 2.72. The summed E-state index contributed by atoms with van der Waals surface area (Å²) in [6.45, 7) is 6.79. The molecule has 2 aliphatic carbocycles. The zero-order valence-electron chi connectivity index (χ0n) is 12.9. The lowest BCUT2D eigenvalue weighted by atomic mass is 9.87. The average Bonchev–Trinajstić information content (AvgIpc) is 3.22. The fourth-order valence-electron chi connectivity index (χ4n) is 3.05. The summed E-state index contributed by atoms with van der Waals surface area (Å²) in [6.07, 6.45) is 9.54. The van der Waals surface area contributed by atoms with Crippen LogP contribution in [0.25, 0.3) is 0 Å². The molecule has 0 saturated heterocycles. The summed E-state index contributed by atoms with van der Waals surface area (Å²) in [5, 5.41) is 3.59. The summed E-state index contributed by atoms with van der Waals surface area (Å²) in [5.74, 6) is 3.46. The van der Waals surface area contributed by atoms with E-state index in [-0.39, 0.29) is 0 Å². The van der Waals surface area contributed by atoms with Gasteiger partial charge in [-0.05, 0) is 68.5 Å². The van der Waals surface area contributed by atoms with E-state index in [1.54, 1.807) is 0 Å². The normalized spacial score (nSPS) is 22.1. The molecule has 3 rings (SSSR count). The van der Waals surface area contributed by atoms with Crippen LogP contribution in [-0.2, 0) is 19.3 Å². The number of hydrogen-bond donors (Lipinski definition) is 1. The highest BCUT2D eigenvalue weighted by Crippen LogP contribution is 2.32. The van der Waals surface area contributed by atoms with E-state index in [0.717, 1.165) is 55.9 Å². The Kier molecular flexibility index (Phi) is 4.35. The number of hydrogen-bond acceptors (Lipinski definition) is 3. The SMILES string of the molecule is CC(C)CNCC1CCc2nc(CC3CC3)ncc2C1. The maximum atomic E-state index is 4.80. The zero-order chi connectivity index (χ0) is 13.9. The molecule has 1 atom stereocenters. The summed E-state index contributed by atoms with van der Waals surface area (Å²) in [4.78, 5) is 9.39. The van der Waals surface area contributed by atoms with Gasteiger partial charge in [-0.15, -0.1) is 0 Å². The van der Waals surface area contributed by atoms with Gasteiger partial charge < -0.3 is 5.32 Å². The van der Waals surface area contributed by atoms with Crippen molar-refractivity contribution in [1.29, 1.82) is 0 Å². The second-order valence-electron chi connectivity index (χ2n) is 7.07. The van der Waals surface area contributed by atoms with Gasteiger partial charge in [0.1, 0.15) is 5.82 Å².